The van der Waals surface area contributed by atoms with Gasteiger partial charge in [0.2, 0.25) is 6.10 Å². The third-order valence-electron chi connectivity index (χ3n) is 4.30. The molecule has 1 aliphatic rings. The van der Waals surface area contributed by atoms with Crippen molar-refractivity contribution >= 4 is 17.3 Å². The van der Waals surface area contributed by atoms with Crippen LogP contribution in [0.4, 0.5) is 11.4 Å². The molecule has 124 valence electrons. The number of nitrogens with two attached hydrogens (primary N) is 1. The second kappa shape index (κ2) is 6.32. The Morgan fingerprint density at radius 2 is 1.60 bits per heavy atom. The number of benzene rings is 3. The highest BCUT2D eigenvalue weighted by molar-refractivity contribution is 6.00. The molecule has 0 radical (unpaired) electrons. The van der Waals surface area contributed by atoms with Gasteiger partial charge in [0.15, 0.2) is 0 Å². The summed E-state index contributed by atoms with van der Waals surface area (Å²) in [4.78, 5) is 14.9. The molecular formula is C21H18N2O2. The van der Waals surface area contributed by atoms with Gasteiger partial charge in [0.1, 0.15) is 5.75 Å². The first-order valence-corrected chi connectivity index (χ1v) is 8.19. The molecule has 1 aliphatic heterocycles. The van der Waals surface area contributed by atoms with Gasteiger partial charge in [-0.3, -0.25) is 4.79 Å². The molecule has 0 spiro atoms. The van der Waals surface area contributed by atoms with Crippen LogP contribution in [-0.4, -0.2) is 5.91 Å². The summed E-state index contributed by atoms with van der Waals surface area (Å²) in [5, 5.41) is 0. The number of hydrogen-bond donors (Lipinski definition) is 1. The highest BCUT2D eigenvalue weighted by atomic mass is 16.5. The molecule has 3 aromatic carbocycles. The van der Waals surface area contributed by atoms with Crippen molar-refractivity contribution in [1.82, 2.24) is 0 Å². The summed E-state index contributed by atoms with van der Waals surface area (Å²) in [5.74, 6) is 0.553. The van der Waals surface area contributed by atoms with Crippen LogP contribution in [0.2, 0.25) is 0 Å². The van der Waals surface area contributed by atoms with Crippen LogP contribution in [0, 0.1) is 0 Å². The molecule has 0 aliphatic carbocycles. The van der Waals surface area contributed by atoms with Gasteiger partial charge in [0.25, 0.3) is 5.91 Å². The van der Waals surface area contributed by atoms with Crippen molar-refractivity contribution in [2.24, 2.45) is 0 Å². The maximum atomic E-state index is 13.1. The van der Waals surface area contributed by atoms with E-state index in [2.05, 4.69) is 0 Å². The van der Waals surface area contributed by atoms with Gasteiger partial charge in [-0.25, -0.2) is 0 Å². The average molecular weight is 330 g/mol. The Kier molecular flexibility index (Phi) is 3.86. The predicted molar refractivity (Wildman–Crippen MR) is 98.3 cm³/mol. The normalized spacial score (nSPS) is 16.2. The summed E-state index contributed by atoms with van der Waals surface area (Å²) in [6.45, 7) is 0.489. The maximum absolute atomic E-state index is 13.1. The number of anilines is 2. The van der Waals surface area contributed by atoms with Gasteiger partial charge in [0, 0.05) is 17.3 Å². The summed E-state index contributed by atoms with van der Waals surface area (Å²) in [6.07, 6.45) is -0.667. The van der Waals surface area contributed by atoms with E-state index in [0.29, 0.717) is 18.0 Å². The third kappa shape index (κ3) is 2.94. The van der Waals surface area contributed by atoms with E-state index in [1.807, 2.05) is 66.7 Å². The predicted octanol–water partition coefficient (Wildman–Crippen LogP) is 3.94. The Bertz CT molecular complexity index is 894. The number of carbonyl (C=O) groups excluding carboxylic acids is 1. The molecule has 0 aromatic heterocycles. The number of amides is 1. The zero-order valence-corrected chi connectivity index (χ0v) is 13.6. The van der Waals surface area contributed by atoms with E-state index >= 15 is 0 Å². The van der Waals surface area contributed by atoms with E-state index < -0.39 is 6.10 Å². The molecule has 2 N–H and O–H groups in total. The van der Waals surface area contributed by atoms with Crippen molar-refractivity contribution in [3.05, 3.63) is 90.0 Å². The minimum atomic E-state index is -0.667. The van der Waals surface area contributed by atoms with Crippen molar-refractivity contribution in [3.63, 3.8) is 0 Å². The van der Waals surface area contributed by atoms with Crippen LogP contribution in [-0.2, 0) is 11.3 Å². The lowest BCUT2D eigenvalue weighted by Crippen LogP contribution is -2.40. The molecule has 4 heteroatoms. The lowest BCUT2D eigenvalue weighted by Gasteiger charge is -2.34. The van der Waals surface area contributed by atoms with Crippen LogP contribution in [0.3, 0.4) is 0 Å². The van der Waals surface area contributed by atoms with Gasteiger partial charge in [0.05, 0.1) is 12.2 Å². The summed E-state index contributed by atoms with van der Waals surface area (Å²) < 4.78 is 6.01. The second-order valence-corrected chi connectivity index (χ2v) is 6.05. The molecule has 4 rings (SSSR count). The molecule has 1 amide bonds. The molecule has 25 heavy (non-hydrogen) atoms. The van der Waals surface area contributed by atoms with E-state index in [1.165, 1.54) is 0 Å². The fourth-order valence-corrected chi connectivity index (χ4v) is 3.05. The lowest BCUT2D eigenvalue weighted by atomic mass is 10.0. The highest BCUT2D eigenvalue weighted by Gasteiger charge is 2.35. The fourth-order valence-electron chi connectivity index (χ4n) is 3.05. The number of hydrogen-bond acceptors (Lipinski definition) is 3. The first-order valence-electron chi connectivity index (χ1n) is 8.19. The summed E-state index contributed by atoms with van der Waals surface area (Å²) in [7, 11) is 0. The highest BCUT2D eigenvalue weighted by Crippen LogP contribution is 2.40. The zero-order chi connectivity index (χ0) is 17.2. The Balaban J connectivity index is 1.77. The summed E-state index contributed by atoms with van der Waals surface area (Å²) in [6, 6.07) is 24.9. The standard InChI is InChI=1S/C21H18N2O2/c22-17-11-12-18-19(13-17)25-20(16-9-5-2-6-10-16)21(24)23(18)14-15-7-3-1-4-8-15/h1-13,20H,14,22H2. The van der Waals surface area contributed by atoms with Crippen molar-refractivity contribution in [1.29, 1.82) is 0 Å². The van der Waals surface area contributed by atoms with Crippen molar-refractivity contribution in [2.45, 2.75) is 12.6 Å². The maximum Gasteiger partial charge on any atom is 0.273 e. The molecule has 1 unspecified atom stereocenters. The summed E-state index contributed by atoms with van der Waals surface area (Å²) >= 11 is 0. The minimum Gasteiger partial charge on any atom is -0.474 e. The molecule has 1 atom stereocenters. The third-order valence-corrected chi connectivity index (χ3v) is 4.30. The number of ether oxygens (including phenoxy) is 1. The quantitative estimate of drug-likeness (QED) is 0.740. The van der Waals surface area contributed by atoms with Gasteiger partial charge in [-0.1, -0.05) is 60.7 Å². The SMILES string of the molecule is Nc1ccc2c(c1)OC(c1ccccc1)C(=O)N2Cc1ccccc1. The van der Waals surface area contributed by atoms with Crippen LogP contribution >= 0.6 is 0 Å². The molecule has 0 saturated carbocycles. The van der Waals surface area contributed by atoms with E-state index in [9.17, 15) is 4.79 Å². The Labute approximate surface area is 146 Å². The molecule has 3 aromatic rings. The molecule has 0 fully saturated rings. The minimum absolute atomic E-state index is 0.0766. The zero-order valence-electron chi connectivity index (χ0n) is 13.6. The topological polar surface area (TPSA) is 55.6 Å². The van der Waals surface area contributed by atoms with Crippen LogP contribution in [0.25, 0.3) is 0 Å². The van der Waals surface area contributed by atoms with E-state index in [4.69, 9.17) is 10.5 Å². The van der Waals surface area contributed by atoms with Gasteiger partial charge in [-0.2, -0.15) is 0 Å². The van der Waals surface area contributed by atoms with Crippen LogP contribution in [0.5, 0.6) is 5.75 Å². The van der Waals surface area contributed by atoms with Crippen LogP contribution in [0.15, 0.2) is 78.9 Å². The lowest BCUT2D eigenvalue weighted by molar-refractivity contribution is -0.126. The number of carbonyl (C=O) groups is 1. The monoisotopic (exact) mass is 330 g/mol. The number of nitrogen functional groups attached to an aromatic ring is 1. The first kappa shape index (κ1) is 15.3. The van der Waals surface area contributed by atoms with Crippen molar-refractivity contribution in [3.8, 4) is 5.75 Å². The van der Waals surface area contributed by atoms with Gasteiger partial charge in [-0.05, 0) is 17.7 Å². The molecule has 0 saturated heterocycles. The second-order valence-electron chi connectivity index (χ2n) is 6.05. The molecule has 1 heterocycles. The van der Waals surface area contributed by atoms with Crippen molar-refractivity contribution in [2.75, 3.05) is 10.6 Å². The van der Waals surface area contributed by atoms with Crippen molar-refractivity contribution < 1.29 is 9.53 Å². The van der Waals surface area contributed by atoms with E-state index in [1.54, 1.807) is 17.0 Å². The Morgan fingerprint density at radius 3 is 2.32 bits per heavy atom. The first-order chi connectivity index (χ1) is 12.2. The Hall–Kier alpha value is -3.27. The molecule has 0 bridgehead atoms. The molecular weight excluding hydrogens is 312 g/mol. The van der Waals surface area contributed by atoms with Crippen LogP contribution < -0.4 is 15.4 Å². The largest absolute Gasteiger partial charge is 0.474 e. The van der Waals surface area contributed by atoms with Gasteiger partial charge < -0.3 is 15.4 Å². The van der Waals surface area contributed by atoms with E-state index in [-0.39, 0.29) is 5.91 Å². The summed E-state index contributed by atoms with van der Waals surface area (Å²) in [5.41, 5.74) is 9.17. The molecule has 4 nitrogen and oxygen atoms in total. The van der Waals surface area contributed by atoms with Gasteiger partial charge >= 0.3 is 0 Å². The van der Waals surface area contributed by atoms with Crippen LogP contribution in [0.1, 0.15) is 17.2 Å². The van der Waals surface area contributed by atoms with Gasteiger partial charge in [-0.15, -0.1) is 0 Å². The number of nitrogens with zero attached hydrogens (tertiary/aromatic N) is 1. The van der Waals surface area contributed by atoms with E-state index in [0.717, 1.165) is 16.8 Å². The smallest absolute Gasteiger partial charge is 0.273 e. The fraction of sp³-hybridized carbons (Fsp3) is 0.0952. The number of rotatable bonds is 3. The number of fused-ring (bicyclic) bond motifs is 1. The Morgan fingerprint density at radius 1 is 0.920 bits per heavy atom. The average Bonchev–Trinajstić information content (AvgIpc) is 2.65.